The molecule has 1 aliphatic heterocycles. The third-order valence-corrected chi connectivity index (χ3v) is 5.73. The van der Waals surface area contributed by atoms with Crippen LogP contribution in [0.25, 0.3) is 0 Å². The molecule has 2 aromatic rings. The van der Waals surface area contributed by atoms with Gasteiger partial charge in [0.2, 0.25) is 0 Å². The van der Waals surface area contributed by atoms with Crippen LogP contribution in [0.2, 0.25) is 0 Å². The van der Waals surface area contributed by atoms with E-state index in [2.05, 4.69) is 63.6 Å². The molecule has 0 saturated heterocycles. The third kappa shape index (κ3) is 4.88. The van der Waals surface area contributed by atoms with Gasteiger partial charge in [-0.2, -0.15) is 0 Å². The van der Waals surface area contributed by atoms with Crippen LogP contribution in [-0.2, 0) is 13.0 Å². The number of para-hydroxylation sites is 1. The second-order valence-electron chi connectivity index (χ2n) is 6.47. The molecule has 0 spiro atoms. The van der Waals surface area contributed by atoms with Gasteiger partial charge in [0.15, 0.2) is 5.96 Å². The van der Waals surface area contributed by atoms with Gasteiger partial charge in [0, 0.05) is 36.7 Å². The zero-order valence-corrected chi connectivity index (χ0v) is 19.0. The SMILES string of the molecule is CN=C(NCc1sc(C)nc1C)NCC(C)N1CCc2ccccc21.I. The smallest absolute Gasteiger partial charge is 0.191 e. The van der Waals surface area contributed by atoms with Gasteiger partial charge in [0.25, 0.3) is 0 Å². The largest absolute Gasteiger partial charge is 0.366 e. The maximum Gasteiger partial charge on any atom is 0.191 e. The third-order valence-electron chi connectivity index (χ3n) is 4.66. The van der Waals surface area contributed by atoms with Crippen molar-refractivity contribution >= 4 is 47.0 Å². The van der Waals surface area contributed by atoms with Gasteiger partial charge in [-0.15, -0.1) is 35.3 Å². The van der Waals surface area contributed by atoms with Gasteiger partial charge in [0.05, 0.1) is 17.2 Å². The van der Waals surface area contributed by atoms with E-state index in [0.29, 0.717) is 6.04 Å². The number of thiazole rings is 1. The second kappa shape index (κ2) is 9.55. The number of aryl methyl sites for hydroxylation is 2. The van der Waals surface area contributed by atoms with Gasteiger partial charge >= 0.3 is 0 Å². The molecule has 0 bridgehead atoms. The zero-order valence-electron chi connectivity index (χ0n) is 15.9. The molecule has 0 aliphatic carbocycles. The number of halogens is 1. The standard InChI is InChI=1S/C19H27N5S.HI/c1-13(24-10-9-16-7-5-6-8-17(16)24)11-21-19(20-4)22-12-18-14(2)23-15(3)25-18;/h5-8,13H,9-12H2,1-4H3,(H2,20,21,22);1H. The summed E-state index contributed by atoms with van der Waals surface area (Å²) in [5, 5.41) is 7.96. The Bertz CT molecular complexity index is 758. The van der Waals surface area contributed by atoms with Crippen molar-refractivity contribution in [3.63, 3.8) is 0 Å². The van der Waals surface area contributed by atoms with Crippen LogP contribution in [0.15, 0.2) is 29.3 Å². The second-order valence-corrected chi connectivity index (χ2v) is 7.76. The van der Waals surface area contributed by atoms with E-state index in [1.54, 1.807) is 11.3 Å². The number of aliphatic imine (C=N–C) groups is 1. The van der Waals surface area contributed by atoms with E-state index in [1.165, 1.54) is 16.1 Å². The fourth-order valence-corrected chi connectivity index (χ4v) is 4.18. The quantitative estimate of drug-likeness (QED) is 0.387. The molecule has 0 fully saturated rings. The van der Waals surface area contributed by atoms with Crippen molar-refractivity contribution in [3.05, 3.63) is 45.4 Å². The van der Waals surface area contributed by atoms with Crippen LogP contribution in [0.5, 0.6) is 0 Å². The monoisotopic (exact) mass is 485 g/mol. The molecule has 1 atom stereocenters. The number of nitrogens with one attached hydrogen (secondary N) is 2. The molecular formula is C19H28IN5S. The van der Waals surface area contributed by atoms with E-state index >= 15 is 0 Å². The Hall–Kier alpha value is -1.35. The van der Waals surface area contributed by atoms with Gasteiger partial charge in [-0.3, -0.25) is 4.99 Å². The van der Waals surface area contributed by atoms with E-state index in [9.17, 15) is 0 Å². The number of nitrogens with zero attached hydrogens (tertiary/aromatic N) is 3. The molecule has 142 valence electrons. The van der Waals surface area contributed by atoms with Gasteiger partial charge in [0.1, 0.15) is 0 Å². The topological polar surface area (TPSA) is 52.6 Å². The summed E-state index contributed by atoms with van der Waals surface area (Å²) < 4.78 is 0. The molecule has 0 amide bonds. The van der Waals surface area contributed by atoms with Crippen LogP contribution in [0, 0.1) is 13.8 Å². The highest BCUT2D eigenvalue weighted by Crippen LogP contribution is 2.28. The van der Waals surface area contributed by atoms with Gasteiger partial charge in [-0.1, -0.05) is 18.2 Å². The summed E-state index contributed by atoms with van der Waals surface area (Å²) in [5.74, 6) is 0.838. The van der Waals surface area contributed by atoms with Gasteiger partial charge in [-0.05, 0) is 38.8 Å². The Morgan fingerprint density at radius 3 is 2.77 bits per heavy atom. The normalized spacial score (nSPS) is 14.6. The molecule has 7 heteroatoms. The molecule has 1 unspecified atom stereocenters. The summed E-state index contributed by atoms with van der Waals surface area (Å²) >= 11 is 1.74. The predicted octanol–water partition coefficient (Wildman–Crippen LogP) is 3.49. The van der Waals surface area contributed by atoms with Crippen LogP contribution in [0.3, 0.4) is 0 Å². The Balaban J connectivity index is 0.00000243. The molecule has 2 N–H and O–H groups in total. The Kier molecular flexibility index (Phi) is 7.69. The Morgan fingerprint density at radius 1 is 1.31 bits per heavy atom. The number of hydrogen-bond donors (Lipinski definition) is 2. The van der Waals surface area contributed by atoms with Crippen LogP contribution >= 0.6 is 35.3 Å². The van der Waals surface area contributed by atoms with Crippen molar-refractivity contribution in [1.82, 2.24) is 15.6 Å². The maximum absolute atomic E-state index is 4.47. The average Bonchev–Trinajstić information content (AvgIpc) is 3.17. The summed E-state index contributed by atoms with van der Waals surface area (Å²) in [6.07, 6.45) is 1.14. The lowest BCUT2D eigenvalue weighted by atomic mass is 10.2. The van der Waals surface area contributed by atoms with Crippen molar-refractivity contribution in [2.45, 2.75) is 39.8 Å². The molecule has 1 aromatic heterocycles. The number of rotatable bonds is 5. The van der Waals surface area contributed by atoms with Crippen LogP contribution in [0.4, 0.5) is 5.69 Å². The van der Waals surface area contributed by atoms with E-state index in [0.717, 1.165) is 42.7 Å². The van der Waals surface area contributed by atoms with E-state index in [-0.39, 0.29) is 24.0 Å². The number of benzene rings is 1. The maximum atomic E-state index is 4.47. The van der Waals surface area contributed by atoms with Gasteiger partial charge in [-0.25, -0.2) is 4.98 Å². The van der Waals surface area contributed by atoms with Crippen molar-refractivity contribution in [3.8, 4) is 0 Å². The minimum absolute atomic E-state index is 0. The highest BCUT2D eigenvalue weighted by molar-refractivity contribution is 14.0. The van der Waals surface area contributed by atoms with Gasteiger partial charge < -0.3 is 15.5 Å². The van der Waals surface area contributed by atoms with Crippen molar-refractivity contribution in [2.24, 2.45) is 4.99 Å². The number of hydrogen-bond acceptors (Lipinski definition) is 4. The molecule has 0 saturated carbocycles. The fraction of sp³-hybridized carbons (Fsp3) is 0.474. The molecule has 1 aromatic carbocycles. The molecule has 3 rings (SSSR count). The summed E-state index contributed by atoms with van der Waals surface area (Å²) in [5.41, 5.74) is 3.93. The lowest BCUT2D eigenvalue weighted by Gasteiger charge is -2.28. The van der Waals surface area contributed by atoms with Crippen LogP contribution < -0.4 is 15.5 Å². The molecule has 5 nitrogen and oxygen atoms in total. The summed E-state index contributed by atoms with van der Waals surface area (Å²) in [6.45, 7) is 9.08. The number of anilines is 1. The minimum atomic E-state index is 0. The Morgan fingerprint density at radius 2 is 2.08 bits per heavy atom. The van der Waals surface area contributed by atoms with Crippen LogP contribution in [0.1, 0.15) is 28.1 Å². The first-order valence-corrected chi connectivity index (χ1v) is 9.62. The average molecular weight is 485 g/mol. The highest BCUT2D eigenvalue weighted by Gasteiger charge is 2.22. The van der Waals surface area contributed by atoms with E-state index in [1.807, 2.05) is 14.0 Å². The molecule has 2 heterocycles. The molecule has 26 heavy (non-hydrogen) atoms. The Labute approximate surface area is 177 Å². The summed E-state index contributed by atoms with van der Waals surface area (Å²) in [7, 11) is 1.82. The van der Waals surface area contributed by atoms with Crippen molar-refractivity contribution in [2.75, 3.05) is 25.0 Å². The lowest BCUT2D eigenvalue weighted by molar-refractivity contribution is 0.625. The predicted molar refractivity (Wildman–Crippen MR) is 122 cm³/mol. The summed E-state index contributed by atoms with van der Waals surface area (Å²) in [4.78, 5) is 12.6. The van der Waals surface area contributed by atoms with Crippen LogP contribution in [-0.4, -0.2) is 37.1 Å². The first-order valence-electron chi connectivity index (χ1n) is 8.80. The molecular weight excluding hydrogens is 457 g/mol. The minimum Gasteiger partial charge on any atom is -0.366 e. The first-order chi connectivity index (χ1) is 12.1. The molecule has 1 aliphatic rings. The molecule has 0 radical (unpaired) electrons. The summed E-state index contributed by atoms with van der Waals surface area (Å²) in [6, 6.07) is 9.11. The highest BCUT2D eigenvalue weighted by atomic mass is 127. The van der Waals surface area contributed by atoms with Crippen molar-refractivity contribution in [1.29, 1.82) is 0 Å². The number of aromatic nitrogens is 1. The fourth-order valence-electron chi connectivity index (χ4n) is 3.30. The number of fused-ring (bicyclic) bond motifs is 1. The lowest BCUT2D eigenvalue weighted by Crippen LogP contribution is -2.45. The van der Waals surface area contributed by atoms with E-state index < -0.39 is 0 Å². The van der Waals surface area contributed by atoms with Crippen molar-refractivity contribution < 1.29 is 0 Å². The number of guanidine groups is 1. The van der Waals surface area contributed by atoms with E-state index in [4.69, 9.17) is 0 Å². The zero-order chi connectivity index (χ0) is 17.8. The first kappa shape index (κ1) is 21.0.